The number of carbonyl (C=O) groups excluding carboxylic acids is 2. The minimum absolute atomic E-state index is 0.237. The van der Waals surface area contributed by atoms with Crippen molar-refractivity contribution in [2.45, 2.75) is 4.90 Å². The first-order valence-corrected chi connectivity index (χ1v) is 9.91. The highest BCUT2D eigenvalue weighted by Gasteiger charge is 2.20. The highest BCUT2D eigenvalue weighted by atomic mass is 32.2. The average molecular weight is 394 g/mol. The average Bonchev–Trinajstić information content (AvgIpc) is 2.75. The van der Waals surface area contributed by atoms with Crippen LogP contribution in [0.5, 0.6) is 5.75 Å². The molecule has 1 atom stereocenters. The van der Waals surface area contributed by atoms with Crippen molar-refractivity contribution in [3.63, 3.8) is 0 Å². The molecule has 0 radical (unpaired) electrons. The summed E-state index contributed by atoms with van der Waals surface area (Å²) >= 11 is 0. The summed E-state index contributed by atoms with van der Waals surface area (Å²) in [5, 5.41) is 0. The summed E-state index contributed by atoms with van der Waals surface area (Å²) in [7, 11) is -2.01. The van der Waals surface area contributed by atoms with Crippen LogP contribution >= 0.6 is 0 Å². The van der Waals surface area contributed by atoms with Gasteiger partial charge in [-0.3, -0.25) is 14.3 Å². The van der Waals surface area contributed by atoms with E-state index in [2.05, 4.69) is 9.08 Å². The lowest BCUT2D eigenvalue weighted by Crippen LogP contribution is -2.31. The molecule has 142 valence electrons. The Morgan fingerprint density at radius 1 is 0.821 bits per heavy atom. The highest BCUT2D eigenvalue weighted by molar-refractivity contribution is 7.92. The number of amides is 2. The topological polar surface area (TPSA) is 84.8 Å². The predicted octanol–water partition coefficient (Wildman–Crippen LogP) is 3.71. The molecule has 3 aromatic carbocycles. The molecule has 0 heterocycles. The molecule has 0 fully saturated rings. The number of rotatable bonds is 5. The molecule has 6 nitrogen and oxygen atoms in total. The molecule has 3 aromatic rings. The van der Waals surface area contributed by atoms with E-state index < -0.39 is 21.7 Å². The molecule has 1 unspecified atom stereocenters. The monoisotopic (exact) mass is 394 g/mol. The van der Waals surface area contributed by atoms with E-state index in [1.165, 1.54) is 19.2 Å². The van der Waals surface area contributed by atoms with Crippen LogP contribution in [0.4, 0.5) is 0 Å². The van der Waals surface area contributed by atoms with Gasteiger partial charge in [0.1, 0.15) is 5.75 Å². The normalized spacial score (nSPS) is 12.5. The van der Waals surface area contributed by atoms with Crippen molar-refractivity contribution in [3.05, 3.63) is 96.1 Å². The zero-order valence-electron chi connectivity index (χ0n) is 15.1. The minimum Gasteiger partial charge on any atom is -0.497 e. The number of hydrogen-bond donors (Lipinski definition) is 1. The Morgan fingerprint density at radius 2 is 1.39 bits per heavy atom. The van der Waals surface area contributed by atoms with E-state index in [0.717, 1.165) is 0 Å². The van der Waals surface area contributed by atoms with Gasteiger partial charge in [-0.25, -0.2) is 4.21 Å². The van der Waals surface area contributed by atoms with E-state index in [1.807, 2.05) is 0 Å². The number of methoxy groups -OCH3 is 1. The van der Waals surface area contributed by atoms with Crippen molar-refractivity contribution in [1.82, 2.24) is 4.72 Å². The second kappa shape index (κ2) is 8.49. The second-order valence-corrected chi connectivity index (χ2v) is 7.67. The Kier molecular flexibility index (Phi) is 5.86. The number of nitrogens with zero attached hydrogens (tertiary/aromatic N) is 1. The first-order chi connectivity index (χ1) is 13.5. The number of hydrogen-bond acceptors (Lipinski definition) is 4. The standard InChI is InChI=1S/C21H18N2O4S/c1-27-18-14-12-17(13-15-18)21(25)23-28(26,19-10-6-3-7-11-19)22-20(24)16-8-4-2-5-9-16/h2-15H,1H3,(H,22,23,24,25,26). The summed E-state index contributed by atoms with van der Waals surface area (Å²) in [6, 6.07) is 22.8. The van der Waals surface area contributed by atoms with E-state index in [9.17, 15) is 13.8 Å². The first-order valence-electron chi connectivity index (χ1n) is 8.39. The quantitative estimate of drug-likeness (QED) is 0.715. The van der Waals surface area contributed by atoms with Gasteiger partial charge in [0, 0.05) is 11.1 Å². The number of benzene rings is 3. The molecular formula is C21H18N2O4S. The second-order valence-electron chi connectivity index (χ2n) is 5.76. The molecule has 0 aromatic heterocycles. The fourth-order valence-corrected chi connectivity index (χ4v) is 3.92. The number of carbonyl (C=O) groups is 2. The van der Waals surface area contributed by atoms with Crippen LogP contribution < -0.4 is 9.46 Å². The Balaban J connectivity index is 1.99. The first kappa shape index (κ1) is 19.3. The molecule has 0 saturated carbocycles. The van der Waals surface area contributed by atoms with Gasteiger partial charge < -0.3 is 4.74 Å². The molecule has 0 aliphatic heterocycles. The number of ether oxygens (including phenoxy) is 1. The maximum atomic E-state index is 13.5. The van der Waals surface area contributed by atoms with Crippen molar-refractivity contribution in [2.75, 3.05) is 7.11 Å². The molecule has 0 aliphatic rings. The molecule has 1 N–H and O–H groups in total. The van der Waals surface area contributed by atoms with Gasteiger partial charge in [0.15, 0.2) is 9.92 Å². The summed E-state index contributed by atoms with van der Waals surface area (Å²) in [4.78, 5) is 25.4. The summed E-state index contributed by atoms with van der Waals surface area (Å²) in [5.41, 5.74) is 0.552. The number of nitrogens with one attached hydrogen (secondary N) is 1. The summed E-state index contributed by atoms with van der Waals surface area (Å²) in [6.07, 6.45) is 0. The van der Waals surface area contributed by atoms with Crippen molar-refractivity contribution in [3.8, 4) is 5.75 Å². The molecule has 3 rings (SSSR count). The van der Waals surface area contributed by atoms with Gasteiger partial charge in [0.2, 0.25) is 0 Å². The third-order valence-corrected chi connectivity index (χ3v) is 5.67. The Labute approximate surface area is 163 Å². The van der Waals surface area contributed by atoms with Gasteiger partial charge in [0.25, 0.3) is 11.8 Å². The van der Waals surface area contributed by atoms with Gasteiger partial charge in [0.05, 0.1) is 12.0 Å². The van der Waals surface area contributed by atoms with Gasteiger partial charge in [-0.2, -0.15) is 0 Å². The maximum Gasteiger partial charge on any atom is 0.286 e. The van der Waals surface area contributed by atoms with Gasteiger partial charge in [-0.1, -0.05) is 36.4 Å². The fourth-order valence-electron chi connectivity index (χ4n) is 2.42. The van der Waals surface area contributed by atoms with Crippen molar-refractivity contribution < 1.29 is 18.5 Å². The van der Waals surface area contributed by atoms with Crippen LogP contribution in [0, 0.1) is 0 Å². The summed E-state index contributed by atoms with van der Waals surface area (Å²) < 4.78 is 24.9. The van der Waals surface area contributed by atoms with Gasteiger partial charge in [-0.05, 0) is 48.5 Å². The maximum absolute atomic E-state index is 13.5. The van der Waals surface area contributed by atoms with Crippen molar-refractivity contribution in [2.24, 2.45) is 4.36 Å². The zero-order valence-corrected chi connectivity index (χ0v) is 15.9. The van der Waals surface area contributed by atoms with E-state index in [1.54, 1.807) is 72.8 Å². The molecule has 0 spiro atoms. The summed E-state index contributed by atoms with van der Waals surface area (Å²) in [5.74, 6) is -0.699. The SMILES string of the molecule is COc1ccc(C(=O)NS(=O)(=NC(=O)c2ccccc2)c2ccccc2)cc1. The third kappa shape index (κ3) is 4.44. The van der Waals surface area contributed by atoms with E-state index in [0.29, 0.717) is 5.75 Å². The van der Waals surface area contributed by atoms with E-state index in [4.69, 9.17) is 4.74 Å². The van der Waals surface area contributed by atoms with E-state index >= 15 is 0 Å². The lowest BCUT2D eigenvalue weighted by Gasteiger charge is -2.12. The fraction of sp³-hybridized carbons (Fsp3) is 0.0476. The molecule has 28 heavy (non-hydrogen) atoms. The third-order valence-electron chi connectivity index (χ3n) is 3.88. The Morgan fingerprint density at radius 3 is 1.96 bits per heavy atom. The van der Waals surface area contributed by atoms with Crippen LogP contribution in [0.2, 0.25) is 0 Å². The predicted molar refractivity (Wildman–Crippen MR) is 107 cm³/mol. The van der Waals surface area contributed by atoms with Gasteiger partial charge in [-0.15, -0.1) is 4.36 Å². The zero-order chi connectivity index (χ0) is 20.0. The molecule has 0 aliphatic carbocycles. The van der Waals surface area contributed by atoms with Crippen LogP contribution in [0.1, 0.15) is 20.7 Å². The van der Waals surface area contributed by atoms with E-state index in [-0.39, 0.29) is 16.0 Å². The van der Waals surface area contributed by atoms with Crippen LogP contribution in [0.25, 0.3) is 0 Å². The molecule has 0 saturated heterocycles. The lowest BCUT2D eigenvalue weighted by molar-refractivity contribution is 0.0982. The largest absolute Gasteiger partial charge is 0.497 e. The van der Waals surface area contributed by atoms with Crippen molar-refractivity contribution >= 4 is 21.7 Å². The Bertz CT molecular complexity index is 1090. The molecule has 2 amide bonds. The minimum atomic E-state index is -3.53. The molecular weight excluding hydrogens is 376 g/mol. The van der Waals surface area contributed by atoms with Crippen LogP contribution in [0.15, 0.2) is 94.2 Å². The van der Waals surface area contributed by atoms with Crippen LogP contribution in [-0.4, -0.2) is 23.1 Å². The van der Waals surface area contributed by atoms with Crippen molar-refractivity contribution in [1.29, 1.82) is 0 Å². The van der Waals surface area contributed by atoms with Crippen LogP contribution in [-0.2, 0) is 9.92 Å². The Hall–Kier alpha value is -3.45. The molecule has 0 bridgehead atoms. The molecule has 7 heteroatoms. The van der Waals surface area contributed by atoms with Gasteiger partial charge >= 0.3 is 0 Å². The van der Waals surface area contributed by atoms with Crippen LogP contribution in [0.3, 0.4) is 0 Å². The highest BCUT2D eigenvalue weighted by Crippen LogP contribution is 2.16. The summed E-state index contributed by atoms with van der Waals surface area (Å²) in [6.45, 7) is 0. The smallest absolute Gasteiger partial charge is 0.286 e. The lowest BCUT2D eigenvalue weighted by atomic mass is 10.2.